The van der Waals surface area contributed by atoms with Gasteiger partial charge in [-0.05, 0) is 27.2 Å². The van der Waals surface area contributed by atoms with Crippen molar-refractivity contribution < 1.29 is 23.9 Å². The van der Waals surface area contributed by atoms with Gasteiger partial charge in [-0.1, -0.05) is 6.92 Å². The molecular formula is C13H24N2O5. The van der Waals surface area contributed by atoms with Crippen LogP contribution >= 0.6 is 0 Å². The number of methoxy groups -OCH3 is 2. The van der Waals surface area contributed by atoms with Crippen LogP contribution in [0.1, 0.15) is 34.1 Å². The number of carbonyl (C=O) groups is 3. The van der Waals surface area contributed by atoms with Crippen LogP contribution in [0.25, 0.3) is 0 Å². The van der Waals surface area contributed by atoms with E-state index in [4.69, 9.17) is 4.74 Å². The summed E-state index contributed by atoms with van der Waals surface area (Å²) < 4.78 is 9.18. The van der Waals surface area contributed by atoms with E-state index in [1.807, 2.05) is 6.92 Å². The van der Waals surface area contributed by atoms with E-state index in [2.05, 4.69) is 10.1 Å². The molecule has 0 heterocycles. The number of nitrogens with zero attached hydrogens (tertiary/aromatic N) is 1. The summed E-state index contributed by atoms with van der Waals surface area (Å²) in [5.41, 5.74) is -1.10. The predicted molar refractivity (Wildman–Crippen MR) is 73.1 cm³/mol. The van der Waals surface area contributed by atoms with Crippen molar-refractivity contribution >= 4 is 18.0 Å². The highest BCUT2D eigenvalue weighted by Crippen LogP contribution is 2.18. The van der Waals surface area contributed by atoms with Crippen LogP contribution in [-0.4, -0.2) is 55.2 Å². The van der Waals surface area contributed by atoms with E-state index in [9.17, 15) is 14.4 Å². The van der Waals surface area contributed by atoms with Crippen molar-refractivity contribution in [3.8, 4) is 0 Å². The standard InChI is InChI=1S/C13H24N2O5/c1-7-8-15(13(3,4)11(17)19-5)10(16)9(2)14-12(18)20-6/h9H,7-8H2,1-6H3,(H,14,18). The third kappa shape index (κ3) is 4.40. The summed E-state index contributed by atoms with van der Waals surface area (Å²) in [5.74, 6) is -0.878. The molecule has 0 aromatic heterocycles. The minimum absolute atomic E-state index is 0.368. The molecule has 2 amide bonds. The van der Waals surface area contributed by atoms with Crippen molar-refractivity contribution in [2.24, 2.45) is 0 Å². The van der Waals surface area contributed by atoms with Gasteiger partial charge in [0.15, 0.2) is 0 Å². The molecule has 0 rings (SSSR count). The maximum absolute atomic E-state index is 12.4. The van der Waals surface area contributed by atoms with E-state index in [1.54, 1.807) is 13.8 Å². The lowest BCUT2D eigenvalue weighted by Gasteiger charge is -2.37. The third-order valence-electron chi connectivity index (χ3n) is 2.96. The Morgan fingerprint density at radius 2 is 1.75 bits per heavy atom. The number of alkyl carbamates (subject to hydrolysis) is 1. The third-order valence-corrected chi connectivity index (χ3v) is 2.96. The Morgan fingerprint density at radius 1 is 1.20 bits per heavy atom. The maximum Gasteiger partial charge on any atom is 0.407 e. The molecule has 0 fully saturated rings. The second-order valence-corrected chi connectivity index (χ2v) is 4.90. The van der Waals surface area contributed by atoms with Gasteiger partial charge in [-0.3, -0.25) is 4.79 Å². The van der Waals surface area contributed by atoms with Gasteiger partial charge in [0.2, 0.25) is 5.91 Å². The highest BCUT2D eigenvalue weighted by atomic mass is 16.5. The number of hydrogen-bond donors (Lipinski definition) is 1. The molecule has 7 heteroatoms. The first-order chi connectivity index (χ1) is 9.22. The molecule has 0 aromatic rings. The first-order valence-electron chi connectivity index (χ1n) is 6.46. The zero-order valence-electron chi connectivity index (χ0n) is 13.0. The Balaban J connectivity index is 5.12. The molecule has 0 aliphatic heterocycles. The molecule has 116 valence electrons. The van der Waals surface area contributed by atoms with Crippen LogP contribution in [0.2, 0.25) is 0 Å². The van der Waals surface area contributed by atoms with Gasteiger partial charge < -0.3 is 19.7 Å². The molecule has 7 nitrogen and oxygen atoms in total. The van der Waals surface area contributed by atoms with Crippen molar-refractivity contribution in [1.82, 2.24) is 10.2 Å². The second-order valence-electron chi connectivity index (χ2n) is 4.90. The Morgan fingerprint density at radius 3 is 2.15 bits per heavy atom. The largest absolute Gasteiger partial charge is 0.467 e. The lowest BCUT2D eigenvalue weighted by molar-refractivity contribution is -0.160. The molecule has 0 aromatic carbocycles. The van der Waals surface area contributed by atoms with E-state index in [-0.39, 0.29) is 5.91 Å². The normalized spacial score (nSPS) is 12.3. The molecule has 0 radical (unpaired) electrons. The summed E-state index contributed by atoms with van der Waals surface area (Å²) in [6.07, 6.45) is -0.0184. The first-order valence-corrected chi connectivity index (χ1v) is 6.46. The topological polar surface area (TPSA) is 84.9 Å². The summed E-state index contributed by atoms with van der Waals surface area (Å²) in [6, 6.07) is -0.794. The highest BCUT2D eigenvalue weighted by Gasteiger charge is 2.40. The van der Waals surface area contributed by atoms with E-state index >= 15 is 0 Å². The SMILES string of the molecule is CCCN(C(=O)C(C)NC(=O)OC)C(C)(C)C(=O)OC. The number of nitrogens with one attached hydrogen (secondary N) is 1. The smallest absolute Gasteiger partial charge is 0.407 e. The van der Waals surface area contributed by atoms with Gasteiger partial charge in [0, 0.05) is 6.54 Å². The van der Waals surface area contributed by atoms with Crippen molar-refractivity contribution in [2.75, 3.05) is 20.8 Å². The van der Waals surface area contributed by atoms with Crippen molar-refractivity contribution in [2.45, 2.75) is 45.7 Å². The minimum Gasteiger partial charge on any atom is -0.467 e. The molecule has 20 heavy (non-hydrogen) atoms. The summed E-state index contributed by atoms with van der Waals surface area (Å²) in [6.45, 7) is 7.03. The molecule has 0 saturated carbocycles. The molecule has 0 spiro atoms. The van der Waals surface area contributed by atoms with E-state index < -0.39 is 23.6 Å². The number of carbonyl (C=O) groups excluding carboxylic acids is 3. The highest BCUT2D eigenvalue weighted by molar-refractivity contribution is 5.91. The zero-order valence-corrected chi connectivity index (χ0v) is 13.0. The Bertz CT molecular complexity index is 368. The average Bonchev–Trinajstić information content (AvgIpc) is 2.42. The van der Waals surface area contributed by atoms with Crippen molar-refractivity contribution in [3.63, 3.8) is 0 Å². The fourth-order valence-electron chi connectivity index (χ4n) is 1.78. The lowest BCUT2D eigenvalue weighted by atomic mass is 10.0. The van der Waals surface area contributed by atoms with Gasteiger partial charge in [0.05, 0.1) is 14.2 Å². The zero-order chi connectivity index (χ0) is 15.9. The molecule has 0 aliphatic rings. The lowest BCUT2D eigenvalue weighted by Crippen LogP contribution is -2.58. The number of ether oxygens (including phenoxy) is 2. The summed E-state index contributed by atoms with van der Waals surface area (Å²) in [5, 5.41) is 2.39. The van der Waals surface area contributed by atoms with Gasteiger partial charge in [0.25, 0.3) is 0 Å². The fourth-order valence-corrected chi connectivity index (χ4v) is 1.78. The molecule has 0 bridgehead atoms. The van der Waals surface area contributed by atoms with Gasteiger partial charge in [-0.25, -0.2) is 9.59 Å². The van der Waals surface area contributed by atoms with Crippen LogP contribution in [0.5, 0.6) is 0 Å². The van der Waals surface area contributed by atoms with Crippen molar-refractivity contribution in [3.05, 3.63) is 0 Å². The van der Waals surface area contributed by atoms with Crippen LogP contribution in [-0.2, 0) is 19.1 Å². The quantitative estimate of drug-likeness (QED) is 0.735. The molecule has 1 atom stereocenters. The van der Waals surface area contributed by atoms with Crippen LogP contribution in [0.4, 0.5) is 4.79 Å². The van der Waals surface area contributed by atoms with Crippen LogP contribution in [0.15, 0.2) is 0 Å². The second kappa shape index (κ2) is 7.72. The van der Waals surface area contributed by atoms with E-state index in [1.165, 1.54) is 26.0 Å². The summed E-state index contributed by atoms with van der Waals surface area (Å²) in [4.78, 5) is 36.8. The van der Waals surface area contributed by atoms with E-state index in [0.29, 0.717) is 13.0 Å². The number of rotatable bonds is 6. The number of amides is 2. The first kappa shape index (κ1) is 18.2. The van der Waals surface area contributed by atoms with Gasteiger partial charge in [0.1, 0.15) is 11.6 Å². The van der Waals surface area contributed by atoms with Crippen LogP contribution in [0.3, 0.4) is 0 Å². The molecule has 0 saturated heterocycles. The number of esters is 1. The molecule has 1 unspecified atom stereocenters. The Hall–Kier alpha value is -1.79. The Kier molecular flexibility index (Phi) is 7.02. The van der Waals surface area contributed by atoms with Gasteiger partial charge in [-0.2, -0.15) is 0 Å². The van der Waals surface area contributed by atoms with Crippen LogP contribution in [0, 0.1) is 0 Å². The summed E-state index contributed by atoms with van der Waals surface area (Å²) >= 11 is 0. The number of hydrogen-bond acceptors (Lipinski definition) is 5. The summed E-state index contributed by atoms with van der Waals surface area (Å²) in [7, 11) is 2.49. The van der Waals surface area contributed by atoms with Crippen LogP contribution < -0.4 is 5.32 Å². The van der Waals surface area contributed by atoms with E-state index in [0.717, 1.165) is 0 Å². The minimum atomic E-state index is -1.10. The van der Waals surface area contributed by atoms with Crippen molar-refractivity contribution in [1.29, 1.82) is 0 Å². The fraction of sp³-hybridized carbons (Fsp3) is 0.769. The maximum atomic E-state index is 12.4. The van der Waals surface area contributed by atoms with Gasteiger partial charge >= 0.3 is 12.1 Å². The molecule has 1 N–H and O–H groups in total. The Labute approximate surface area is 119 Å². The average molecular weight is 288 g/mol. The monoisotopic (exact) mass is 288 g/mol. The van der Waals surface area contributed by atoms with Gasteiger partial charge in [-0.15, -0.1) is 0 Å². The molecule has 0 aliphatic carbocycles. The predicted octanol–water partition coefficient (Wildman–Crippen LogP) is 0.921. The molecular weight excluding hydrogens is 264 g/mol.